The normalized spacial score (nSPS) is 11.1. The van der Waals surface area contributed by atoms with E-state index in [2.05, 4.69) is 52.1 Å². The van der Waals surface area contributed by atoms with Crippen LogP contribution in [0.5, 0.6) is 0 Å². The van der Waals surface area contributed by atoms with Gasteiger partial charge in [0.25, 0.3) is 0 Å². The van der Waals surface area contributed by atoms with Gasteiger partial charge in [0.15, 0.2) is 5.82 Å². The monoisotopic (exact) mass is 378 g/mol. The van der Waals surface area contributed by atoms with Crippen LogP contribution >= 0.6 is 22.6 Å². The van der Waals surface area contributed by atoms with E-state index in [1.54, 1.807) is 0 Å². The molecule has 0 saturated carbocycles. The number of pyridine rings is 1. The highest BCUT2D eigenvalue weighted by Crippen LogP contribution is 2.20. The molecule has 2 aromatic heterocycles. The predicted octanol–water partition coefficient (Wildman–Crippen LogP) is 3.13. The lowest BCUT2D eigenvalue weighted by Crippen LogP contribution is -2.15. The van der Waals surface area contributed by atoms with Gasteiger partial charge in [0, 0.05) is 23.7 Å². The van der Waals surface area contributed by atoms with Crippen LogP contribution in [0.25, 0.3) is 16.7 Å². The minimum absolute atomic E-state index is 0.792. The van der Waals surface area contributed by atoms with E-state index in [0.29, 0.717) is 0 Å². The number of fused-ring (bicyclic) bond motifs is 1. The Hall–Kier alpha value is -1.47. The van der Waals surface area contributed by atoms with Crippen molar-refractivity contribution in [2.24, 2.45) is 0 Å². The largest absolute Gasteiger partial charge is 0.313 e. The van der Waals surface area contributed by atoms with Crippen molar-refractivity contribution < 1.29 is 0 Å². The molecule has 3 rings (SSSR count). The summed E-state index contributed by atoms with van der Waals surface area (Å²) in [6, 6.07) is 10.4. The van der Waals surface area contributed by atoms with Crippen LogP contribution in [0.2, 0.25) is 0 Å². The zero-order valence-corrected chi connectivity index (χ0v) is 13.3. The van der Waals surface area contributed by atoms with Gasteiger partial charge in [-0.25, -0.2) is 9.67 Å². The molecule has 0 saturated heterocycles. The fourth-order valence-corrected chi connectivity index (χ4v) is 2.54. The number of halogens is 1. The quantitative estimate of drug-likeness (QED) is 0.710. The lowest BCUT2D eigenvalue weighted by molar-refractivity contribution is 0.712. The first-order chi connectivity index (χ1) is 9.78. The molecule has 3 aromatic rings. The highest BCUT2D eigenvalue weighted by Gasteiger charge is 2.09. The van der Waals surface area contributed by atoms with E-state index in [-0.39, 0.29) is 0 Å². The second kappa shape index (κ2) is 5.88. The summed E-state index contributed by atoms with van der Waals surface area (Å²) in [4.78, 5) is 4.77. The summed E-state index contributed by atoms with van der Waals surface area (Å²) in [5.74, 6) is 0.896. The molecule has 5 heteroatoms. The van der Waals surface area contributed by atoms with E-state index in [1.807, 2.05) is 35.3 Å². The molecular weight excluding hydrogens is 363 g/mol. The van der Waals surface area contributed by atoms with E-state index in [0.717, 1.165) is 38.9 Å². The van der Waals surface area contributed by atoms with Gasteiger partial charge in [-0.05, 0) is 41.3 Å². The van der Waals surface area contributed by atoms with Crippen molar-refractivity contribution in [2.45, 2.75) is 13.5 Å². The molecule has 0 atom stereocenters. The molecule has 0 spiro atoms. The molecule has 0 aliphatic rings. The summed E-state index contributed by atoms with van der Waals surface area (Å²) < 4.78 is 2.95. The zero-order chi connectivity index (χ0) is 13.9. The van der Waals surface area contributed by atoms with E-state index in [9.17, 15) is 0 Å². The second-order valence-corrected chi connectivity index (χ2v) is 5.79. The van der Waals surface area contributed by atoms with Gasteiger partial charge in [-0.1, -0.05) is 25.1 Å². The van der Waals surface area contributed by atoms with Crippen LogP contribution in [0.1, 0.15) is 12.5 Å². The average Bonchev–Trinajstić information content (AvgIpc) is 2.90. The second-order valence-electron chi connectivity index (χ2n) is 4.55. The number of benzene rings is 1. The molecule has 0 bridgehead atoms. The van der Waals surface area contributed by atoms with E-state index >= 15 is 0 Å². The first kappa shape index (κ1) is 13.5. The van der Waals surface area contributed by atoms with Crippen LogP contribution in [-0.4, -0.2) is 21.3 Å². The standard InChI is InChI=1S/C15H15IN4/c1-2-17-8-12-7-11-5-3-4-6-14(11)19-15(12)20-10-13(16)9-18-20/h3-7,9-10,17H,2,8H2,1H3. The molecule has 0 aliphatic heterocycles. The predicted molar refractivity (Wildman–Crippen MR) is 89.0 cm³/mol. The van der Waals surface area contributed by atoms with Crippen LogP contribution in [0.3, 0.4) is 0 Å². The molecule has 0 unspecified atom stereocenters. The lowest BCUT2D eigenvalue weighted by Gasteiger charge is -2.11. The van der Waals surface area contributed by atoms with Crippen LogP contribution < -0.4 is 5.32 Å². The highest BCUT2D eigenvalue weighted by atomic mass is 127. The van der Waals surface area contributed by atoms with Crippen LogP contribution in [0.15, 0.2) is 42.7 Å². The van der Waals surface area contributed by atoms with Gasteiger partial charge in [-0.2, -0.15) is 5.10 Å². The molecule has 0 radical (unpaired) electrons. The molecule has 0 aliphatic carbocycles. The Morgan fingerprint density at radius 1 is 1.30 bits per heavy atom. The Labute approximate surface area is 131 Å². The van der Waals surface area contributed by atoms with Crippen LogP contribution in [-0.2, 0) is 6.54 Å². The van der Waals surface area contributed by atoms with Gasteiger partial charge >= 0.3 is 0 Å². The molecule has 20 heavy (non-hydrogen) atoms. The summed E-state index contributed by atoms with van der Waals surface area (Å²) in [6.07, 6.45) is 3.83. The van der Waals surface area contributed by atoms with Crippen LogP contribution in [0, 0.1) is 3.57 Å². The van der Waals surface area contributed by atoms with Gasteiger partial charge in [0.05, 0.1) is 15.3 Å². The number of hydrogen-bond donors (Lipinski definition) is 1. The molecule has 0 fully saturated rings. The maximum Gasteiger partial charge on any atom is 0.158 e. The number of hydrogen-bond acceptors (Lipinski definition) is 3. The van der Waals surface area contributed by atoms with Crippen molar-refractivity contribution in [1.82, 2.24) is 20.1 Å². The molecule has 2 heterocycles. The van der Waals surface area contributed by atoms with Crippen molar-refractivity contribution >= 4 is 33.5 Å². The van der Waals surface area contributed by atoms with Gasteiger partial charge in [-0.15, -0.1) is 0 Å². The molecule has 1 aromatic carbocycles. The fourth-order valence-electron chi connectivity index (χ4n) is 2.15. The fraction of sp³-hybridized carbons (Fsp3) is 0.200. The van der Waals surface area contributed by atoms with Crippen molar-refractivity contribution in [3.63, 3.8) is 0 Å². The lowest BCUT2D eigenvalue weighted by atomic mass is 10.1. The summed E-state index contributed by atoms with van der Waals surface area (Å²) in [5.41, 5.74) is 2.15. The average molecular weight is 378 g/mol. The molecule has 4 nitrogen and oxygen atoms in total. The topological polar surface area (TPSA) is 42.7 Å². The highest BCUT2D eigenvalue weighted by molar-refractivity contribution is 14.1. The number of para-hydroxylation sites is 1. The maximum atomic E-state index is 4.77. The van der Waals surface area contributed by atoms with Gasteiger partial charge < -0.3 is 5.32 Å². The Morgan fingerprint density at radius 2 is 2.15 bits per heavy atom. The van der Waals surface area contributed by atoms with Crippen LogP contribution in [0.4, 0.5) is 0 Å². The number of nitrogens with one attached hydrogen (secondary N) is 1. The van der Waals surface area contributed by atoms with Gasteiger partial charge in [0.1, 0.15) is 0 Å². The number of aromatic nitrogens is 3. The molecule has 102 valence electrons. The van der Waals surface area contributed by atoms with E-state index in [1.165, 1.54) is 0 Å². The third kappa shape index (κ3) is 2.69. The van der Waals surface area contributed by atoms with Crippen molar-refractivity contribution in [2.75, 3.05) is 6.54 Å². The summed E-state index contributed by atoms with van der Waals surface area (Å²) in [7, 11) is 0. The Morgan fingerprint density at radius 3 is 2.90 bits per heavy atom. The number of rotatable bonds is 4. The summed E-state index contributed by atoms with van der Waals surface area (Å²) in [6.45, 7) is 3.83. The van der Waals surface area contributed by atoms with E-state index < -0.39 is 0 Å². The summed E-state index contributed by atoms with van der Waals surface area (Å²) >= 11 is 2.26. The Kier molecular flexibility index (Phi) is 3.98. The summed E-state index contributed by atoms with van der Waals surface area (Å²) in [5, 5.41) is 8.90. The maximum absolute atomic E-state index is 4.77. The third-order valence-electron chi connectivity index (χ3n) is 3.11. The zero-order valence-electron chi connectivity index (χ0n) is 11.2. The van der Waals surface area contributed by atoms with Crippen molar-refractivity contribution in [3.05, 3.63) is 51.9 Å². The van der Waals surface area contributed by atoms with Gasteiger partial charge in [-0.3, -0.25) is 0 Å². The Bertz CT molecular complexity index is 736. The van der Waals surface area contributed by atoms with Crippen molar-refractivity contribution in [3.8, 4) is 5.82 Å². The smallest absolute Gasteiger partial charge is 0.158 e. The number of nitrogens with zero attached hydrogens (tertiary/aromatic N) is 3. The molecular formula is C15H15IN4. The molecule has 1 N–H and O–H groups in total. The first-order valence-corrected chi connectivity index (χ1v) is 7.65. The SMILES string of the molecule is CCNCc1cc2ccccc2nc1-n1cc(I)cn1. The third-order valence-corrected chi connectivity index (χ3v) is 3.67. The minimum Gasteiger partial charge on any atom is -0.313 e. The molecule has 0 amide bonds. The Balaban J connectivity index is 2.15. The van der Waals surface area contributed by atoms with Gasteiger partial charge in [0.2, 0.25) is 0 Å². The van der Waals surface area contributed by atoms with E-state index in [4.69, 9.17) is 4.98 Å². The minimum atomic E-state index is 0.792. The van der Waals surface area contributed by atoms with Crippen molar-refractivity contribution in [1.29, 1.82) is 0 Å². The first-order valence-electron chi connectivity index (χ1n) is 6.58.